The highest BCUT2D eigenvalue weighted by atomic mass is 19.4. The van der Waals surface area contributed by atoms with Gasteiger partial charge in [0, 0.05) is 12.6 Å². The van der Waals surface area contributed by atoms with Crippen molar-refractivity contribution >= 4 is 16.9 Å². The first kappa shape index (κ1) is 16.6. The summed E-state index contributed by atoms with van der Waals surface area (Å²) in [5.41, 5.74) is 0.459. The van der Waals surface area contributed by atoms with Crippen LogP contribution in [0.4, 0.5) is 19.0 Å². The molecule has 0 atom stereocenters. The smallest absolute Gasteiger partial charge is 0.450 e. The van der Waals surface area contributed by atoms with Gasteiger partial charge in [-0.1, -0.05) is 0 Å². The van der Waals surface area contributed by atoms with Crippen LogP contribution in [0.3, 0.4) is 0 Å². The van der Waals surface area contributed by atoms with Gasteiger partial charge in [-0.05, 0) is 30.9 Å². The van der Waals surface area contributed by atoms with E-state index < -0.39 is 12.0 Å². The predicted octanol–water partition coefficient (Wildman–Crippen LogP) is 3.66. The lowest BCUT2D eigenvalue weighted by molar-refractivity contribution is -0.145. The second-order valence-corrected chi connectivity index (χ2v) is 6.21. The lowest BCUT2D eigenvalue weighted by atomic mass is 10.3. The number of benzene rings is 1. The molecule has 0 bridgehead atoms. The Morgan fingerprint density at radius 1 is 1.23 bits per heavy atom. The van der Waals surface area contributed by atoms with Crippen molar-refractivity contribution in [2.45, 2.75) is 19.0 Å². The zero-order valence-electron chi connectivity index (χ0n) is 13.9. The Kier molecular flexibility index (Phi) is 3.93. The van der Waals surface area contributed by atoms with Crippen molar-refractivity contribution in [1.82, 2.24) is 19.5 Å². The van der Waals surface area contributed by atoms with Crippen LogP contribution in [0.5, 0.6) is 5.75 Å². The van der Waals surface area contributed by atoms with Crippen LogP contribution >= 0.6 is 0 Å². The largest absolute Gasteiger partial charge is 0.497 e. The first-order valence-electron chi connectivity index (χ1n) is 8.15. The minimum Gasteiger partial charge on any atom is -0.497 e. The van der Waals surface area contributed by atoms with Gasteiger partial charge in [0.15, 0.2) is 5.82 Å². The van der Waals surface area contributed by atoms with Crippen molar-refractivity contribution in [3.63, 3.8) is 0 Å². The number of rotatable bonds is 5. The van der Waals surface area contributed by atoms with Crippen LogP contribution in [0.25, 0.3) is 16.9 Å². The highest BCUT2D eigenvalue weighted by molar-refractivity contribution is 5.79. The van der Waals surface area contributed by atoms with E-state index in [1.807, 2.05) is 0 Å². The summed E-state index contributed by atoms with van der Waals surface area (Å²) in [5, 5.41) is 3.14. The zero-order chi connectivity index (χ0) is 18.3. The van der Waals surface area contributed by atoms with Crippen molar-refractivity contribution in [2.24, 2.45) is 5.92 Å². The molecule has 1 saturated carbocycles. The summed E-state index contributed by atoms with van der Waals surface area (Å²) < 4.78 is 46.5. The fourth-order valence-corrected chi connectivity index (χ4v) is 2.71. The molecular formula is C17H16F3N5O. The van der Waals surface area contributed by atoms with Gasteiger partial charge in [0.1, 0.15) is 11.6 Å². The zero-order valence-corrected chi connectivity index (χ0v) is 13.9. The Labute approximate surface area is 147 Å². The van der Waals surface area contributed by atoms with E-state index in [0.29, 0.717) is 17.5 Å². The summed E-state index contributed by atoms with van der Waals surface area (Å²) in [5.74, 6) is 0.637. The molecule has 26 heavy (non-hydrogen) atoms. The summed E-state index contributed by atoms with van der Waals surface area (Å²) in [6.45, 7) is 0.801. The summed E-state index contributed by atoms with van der Waals surface area (Å²) in [4.78, 5) is 12.1. The number of anilines is 1. The summed E-state index contributed by atoms with van der Waals surface area (Å²) in [6.07, 6.45) is 0.510. The Balaban J connectivity index is 1.75. The van der Waals surface area contributed by atoms with Crippen molar-refractivity contribution in [3.8, 4) is 11.6 Å². The molecule has 3 aromatic rings. The number of aromatic nitrogens is 4. The van der Waals surface area contributed by atoms with Crippen LogP contribution in [0.15, 0.2) is 30.6 Å². The SMILES string of the molecule is COc1ccc2c(c1)nc(C(F)(F)F)n2-c1cnc(NCC2CC2)cn1. The second kappa shape index (κ2) is 6.15. The fraction of sp³-hybridized carbons (Fsp3) is 0.353. The average molecular weight is 363 g/mol. The second-order valence-electron chi connectivity index (χ2n) is 6.21. The van der Waals surface area contributed by atoms with E-state index in [0.717, 1.165) is 11.1 Å². The number of fused-ring (bicyclic) bond motifs is 1. The third-order valence-corrected chi connectivity index (χ3v) is 4.25. The van der Waals surface area contributed by atoms with Crippen LogP contribution < -0.4 is 10.1 Å². The molecule has 0 aliphatic heterocycles. The molecule has 1 aliphatic rings. The molecule has 0 amide bonds. The minimum absolute atomic E-state index is 0.0574. The lowest BCUT2D eigenvalue weighted by Gasteiger charge is -2.11. The normalized spacial score (nSPS) is 14.6. The Morgan fingerprint density at radius 3 is 2.65 bits per heavy atom. The minimum atomic E-state index is -4.63. The number of ether oxygens (including phenoxy) is 1. The Hall–Kier alpha value is -2.84. The predicted molar refractivity (Wildman–Crippen MR) is 89.4 cm³/mol. The van der Waals surface area contributed by atoms with Gasteiger partial charge < -0.3 is 10.1 Å². The Bertz CT molecular complexity index is 932. The van der Waals surface area contributed by atoms with Crippen LogP contribution in [0, 0.1) is 5.92 Å². The molecule has 9 heteroatoms. The maximum Gasteiger partial charge on any atom is 0.450 e. The van der Waals surface area contributed by atoms with Gasteiger partial charge in [-0.3, -0.25) is 4.57 Å². The fourth-order valence-electron chi connectivity index (χ4n) is 2.71. The number of nitrogens with one attached hydrogen (secondary N) is 1. The number of hydrogen-bond donors (Lipinski definition) is 1. The molecule has 2 aromatic heterocycles. The van der Waals surface area contributed by atoms with Gasteiger partial charge in [0.2, 0.25) is 5.82 Å². The van der Waals surface area contributed by atoms with Crippen LogP contribution in [0.2, 0.25) is 0 Å². The number of methoxy groups -OCH3 is 1. The molecule has 136 valence electrons. The van der Waals surface area contributed by atoms with E-state index in [2.05, 4.69) is 20.3 Å². The standard InChI is InChI=1S/C17H16F3N5O/c1-26-11-4-5-13-12(6-11)24-16(17(18,19)20)25(13)15-9-22-14(8-23-15)21-7-10-2-3-10/h4-6,8-10H,2-3,7H2,1H3,(H,21,22). The molecule has 1 fully saturated rings. The number of imidazole rings is 1. The quantitative estimate of drug-likeness (QED) is 0.749. The van der Waals surface area contributed by atoms with E-state index >= 15 is 0 Å². The summed E-state index contributed by atoms with van der Waals surface area (Å²) in [6, 6.07) is 4.57. The van der Waals surface area contributed by atoms with Crippen LogP contribution in [0.1, 0.15) is 18.7 Å². The van der Waals surface area contributed by atoms with Gasteiger partial charge in [-0.2, -0.15) is 13.2 Å². The first-order chi connectivity index (χ1) is 12.5. The molecule has 1 aliphatic carbocycles. The molecule has 0 radical (unpaired) electrons. The third-order valence-electron chi connectivity index (χ3n) is 4.25. The van der Waals surface area contributed by atoms with Crippen molar-refractivity contribution in [2.75, 3.05) is 19.0 Å². The third kappa shape index (κ3) is 3.16. The molecule has 1 N–H and O–H groups in total. The number of nitrogens with zero attached hydrogens (tertiary/aromatic N) is 4. The molecule has 0 saturated heterocycles. The molecule has 0 spiro atoms. The summed E-state index contributed by atoms with van der Waals surface area (Å²) >= 11 is 0. The van der Waals surface area contributed by atoms with E-state index in [4.69, 9.17) is 4.74 Å². The molecule has 1 aromatic carbocycles. The molecule has 6 nitrogen and oxygen atoms in total. The molecule has 4 rings (SSSR count). The molecule has 0 unspecified atom stereocenters. The van der Waals surface area contributed by atoms with Gasteiger partial charge >= 0.3 is 6.18 Å². The number of halogens is 3. The number of hydrogen-bond acceptors (Lipinski definition) is 5. The van der Waals surface area contributed by atoms with Crippen LogP contribution in [-0.2, 0) is 6.18 Å². The lowest BCUT2D eigenvalue weighted by Crippen LogP contribution is -2.15. The van der Waals surface area contributed by atoms with E-state index in [-0.39, 0.29) is 16.9 Å². The highest BCUT2D eigenvalue weighted by Gasteiger charge is 2.38. The molecule has 2 heterocycles. The van der Waals surface area contributed by atoms with Crippen molar-refractivity contribution in [3.05, 3.63) is 36.4 Å². The maximum atomic E-state index is 13.5. The average Bonchev–Trinajstić information content (AvgIpc) is 3.37. The van der Waals surface area contributed by atoms with E-state index in [1.165, 1.54) is 44.5 Å². The van der Waals surface area contributed by atoms with Crippen molar-refractivity contribution in [1.29, 1.82) is 0 Å². The van der Waals surface area contributed by atoms with Crippen LogP contribution in [-0.4, -0.2) is 33.2 Å². The van der Waals surface area contributed by atoms with E-state index in [1.54, 1.807) is 6.07 Å². The van der Waals surface area contributed by atoms with E-state index in [9.17, 15) is 13.2 Å². The monoisotopic (exact) mass is 363 g/mol. The highest BCUT2D eigenvalue weighted by Crippen LogP contribution is 2.34. The van der Waals surface area contributed by atoms with Gasteiger partial charge in [0.25, 0.3) is 0 Å². The molecular weight excluding hydrogens is 347 g/mol. The maximum absolute atomic E-state index is 13.5. The first-order valence-corrected chi connectivity index (χ1v) is 8.15. The number of alkyl halides is 3. The van der Waals surface area contributed by atoms with Gasteiger partial charge in [-0.15, -0.1) is 0 Å². The summed E-state index contributed by atoms with van der Waals surface area (Å²) in [7, 11) is 1.45. The Morgan fingerprint density at radius 2 is 2.04 bits per heavy atom. The topological polar surface area (TPSA) is 64.9 Å². The van der Waals surface area contributed by atoms with Crippen molar-refractivity contribution < 1.29 is 17.9 Å². The van der Waals surface area contributed by atoms with Gasteiger partial charge in [-0.25, -0.2) is 15.0 Å². The van der Waals surface area contributed by atoms with Gasteiger partial charge in [0.05, 0.1) is 30.5 Å².